The first-order valence-corrected chi connectivity index (χ1v) is 18.1. The Morgan fingerprint density at radius 2 is 0.927 bits per heavy atom. The van der Waals surface area contributed by atoms with Crippen LogP contribution in [0.5, 0.6) is 0 Å². The predicted octanol–water partition coefficient (Wildman–Crippen LogP) is 9.95. The molecule has 0 fully saturated rings. The zero-order valence-electron chi connectivity index (χ0n) is 38.6. The summed E-state index contributed by atoms with van der Waals surface area (Å²) < 4.78 is 32.6. The van der Waals surface area contributed by atoms with Crippen LogP contribution in [0, 0.1) is 5.92 Å². The fraction of sp³-hybridized carbons (Fsp3) is 0.356. The van der Waals surface area contributed by atoms with Crippen LogP contribution in [-0.4, -0.2) is 45.0 Å². The second-order valence-corrected chi connectivity index (χ2v) is 14.2. The fourth-order valence-corrected chi connectivity index (χ4v) is 4.75. The number of primary amides is 2. The van der Waals surface area contributed by atoms with Gasteiger partial charge in [-0.15, -0.1) is 0 Å². The molecule has 0 unspecified atom stereocenters. The molecule has 0 aliphatic carbocycles. The van der Waals surface area contributed by atoms with Crippen molar-refractivity contribution in [3.63, 3.8) is 0 Å². The number of aliphatic carboxylic acids is 1. The van der Waals surface area contributed by atoms with Crippen molar-refractivity contribution in [3.8, 4) is 0 Å². The van der Waals surface area contributed by atoms with E-state index >= 15 is 0 Å². The van der Waals surface area contributed by atoms with Crippen molar-refractivity contribution < 1.29 is 42.1 Å². The predicted molar refractivity (Wildman–Crippen MR) is 220 cm³/mol. The number of hydrogen-bond acceptors (Lipinski definition) is 8. The molecule has 4 aromatic rings. The van der Waals surface area contributed by atoms with E-state index in [-0.39, 0.29) is 23.7 Å². The summed E-state index contributed by atoms with van der Waals surface area (Å²) in [5.74, 6) is -0.620. The molecule has 55 heavy (non-hydrogen) atoms. The zero-order chi connectivity index (χ0) is 45.9. The number of carbonyl (C=O) groups excluding carboxylic acids is 2. The van der Waals surface area contributed by atoms with E-state index in [0.29, 0.717) is 46.4 Å². The summed E-state index contributed by atoms with van der Waals surface area (Å²) in [6.45, 7) is 20.2. The maximum absolute atomic E-state index is 11.2. The normalized spacial score (nSPS) is 11.1. The van der Waals surface area contributed by atoms with Crippen LogP contribution in [-0.2, 0) is 4.79 Å². The molecule has 0 spiro atoms. The third-order valence-electron chi connectivity index (χ3n) is 7.86. The van der Waals surface area contributed by atoms with Crippen LogP contribution in [0.25, 0.3) is 4.29 Å². The van der Waals surface area contributed by atoms with Gasteiger partial charge in [0.25, 0.3) is 4.29 Å². The SMILES string of the molecule is [3H]NC(=O)c1ccc(C(C)C)cc1.[3H]NC(=O)c1ccccc1C(C)C.[3H]OC(=O)CC(C)C.[3H]OC(=O)c1ccc(C(C)C)cc1.[3H]OC(=O)c1ccccc1C(C)C. The molecular weight excluding hydrogens is 697 g/mol. The van der Waals surface area contributed by atoms with Crippen molar-refractivity contribution in [1.82, 2.24) is 0 Å². The number of nitrogens with two attached hydrogens (primary N) is 2. The monoisotopic (exact) mass is 766 g/mol. The van der Waals surface area contributed by atoms with Crippen LogP contribution in [0.15, 0.2) is 97.1 Å². The molecule has 10 nitrogen and oxygen atoms in total. The lowest BCUT2D eigenvalue weighted by Gasteiger charge is -2.08. The summed E-state index contributed by atoms with van der Waals surface area (Å²) >= 11 is 0. The molecule has 0 aliphatic heterocycles. The highest BCUT2D eigenvalue weighted by Gasteiger charge is 2.11. The molecule has 7 N–H and O–H groups in total. The Morgan fingerprint density at radius 1 is 0.509 bits per heavy atom. The Labute approximate surface area is 334 Å². The molecule has 0 aromatic heterocycles. The molecule has 0 radical (unpaired) electrons. The standard InChI is InChI=1S/2C10H13NO.2C10H12O2.C5H10O2/c1-7(2)8-3-5-9(6-4-8)10(11)12;1-7(2)8-5-3-4-6-9(8)10(11)12;1-7(2)8-3-5-9(6-4-8)10(11)12;1-7(2)8-5-3-4-6-9(8)10(11)12;1-4(2)3-5(6)7/h2*3-7H,1-2H3,(H2,11,12);2*3-7H,1-2H3,(H,11,12);4H,3H2,1-2H3,(H,6,7)/i/hT5. The molecule has 10 heteroatoms. The highest BCUT2D eigenvalue weighted by Crippen LogP contribution is 2.20. The van der Waals surface area contributed by atoms with Crippen molar-refractivity contribution in [2.75, 3.05) is 0 Å². The first kappa shape index (κ1) is 40.4. The molecular formula is C45H60N2O8. The number of carbonyl (C=O) groups is 5. The Morgan fingerprint density at radius 3 is 1.29 bits per heavy atom. The third kappa shape index (κ3) is 19.8. The molecule has 0 bridgehead atoms. The first-order valence-electron chi connectivity index (χ1n) is 20.3. The minimum Gasteiger partial charge on any atom is -0.481 e. The molecule has 0 saturated carbocycles. The number of carboxylic acids is 3. The summed E-state index contributed by atoms with van der Waals surface area (Å²) in [6.07, 6.45) is 0.337. The van der Waals surface area contributed by atoms with E-state index in [4.69, 9.17) is 7.12 Å². The molecule has 4 rings (SSSR count). The first-order chi connectivity index (χ1) is 28.3. The van der Waals surface area contributed by atoms with E-state index in [1.807, 2.05) is 102 Å². The van der Waals surface area contributed by atoms with Gasteiger partial charge in [-0.05, 0) is 88.2 Å². The summed E-state index contributed by atoms with van der Waals surface area (Å²) in [7, 11) is 0. The van der Waals surface area contributed by atoms with Crippen molar-refractivity contribution in [2.24, 2.45) is 17.4 Å². The molecule has 0 aliphatic rings. The van der Waals surface area contributed by atoms with Gasteiger partial charge in [0, 0.05) is 17.5 Å². The Bertz CT molecular complexity index is 1780. The van der Waals surface area contributed by atoms with Crippen LogP contribution in [0.2, 0.25) is 2.82 Å². The van der Waals surface area contributed by atoms with Gasteiger partial charge < -0.3 is 26.8 Å². The number of benzene rings is 4. The van der Waals surface area contributed by atoms with Gasteiger partial charge in [-0.3, -0.25) is 14.4 Å². The van der Waals surface area contributed by atoms with Gasteiger partial charge >= 0.3 is 17.9 Å². The number of carboxylic acid groups (broad SMARTS) is 3. The van der Waals surface area contributed by atoms with Crippen molar-refractivity contribution in [3.05, 3.63) is 142 Å². The fourth-order valence-electron chi connectivity index (χ4n) is 4.75. The van der Waals surface area contributed by atoms with Gasteiger partial charge in [0.1, 0.15) is 0 Å². The molecule has 0 saturated heterocycles. The van der Waals surface area contributed by atoms with Gasteiger partial charge in [-0.2, -0.15) is 0 Å². The maximum Gasteiger partial charge on any atom is 0.335 e. The van der Waals surface area contributed by atoms with Crippen LogP contribution in [0.1, 0.15) is 163 Å². The van der Waals surface area contributed by atoms with Crippen molar-refractivity contribution in [1.29, 1.82) is 4.29 Å². The summed E-state index contributed by atoms with van der Waals surface area (Å²) in [4.78, 5) is 54.5. The minimum absolute atomic E-state index is 0.260. The van der Waals surface area contributed by atoms with Crippen LogP contribution in [0.3, 0.4) is 0 Å². The van der Waals surface area contributed by atoms with E-state index in [9.17, 15) is 24.0 Å². The van der Waals surface area contributed by atoms with E-state index in [1.165, 1.54) is 11.1 Å². The topological polar surface area (TPSA) is 198 Å². The van der Waals surface area contributed by atoms with Crippen molar-refractivity contribution >= 4 is 29.7 Å². The zero-order valence-corrected chi connectivity index (χ0v) is 33.6. The average molecular weight is 767 g/mol. The van der Waals surface area contributed by atoms with E-state index < -0.39 is 17.9 Å². The van der Waals surface area contributed by atoms with E-state index in [0.717, 1.165) is 11.1 Å². The Hall–Kier alpha value is -5.77. The van der Waals surface area contributed by atoms with E-state index in [2.05, 4.69) is 43.0 Å². The lowest BCUT2D eigenvalue weighted by molar-refractivity contribution is -0.137. The van der Waals surface area contributed by atoms with E-state index in [1.54, 1.807) is 48.5 Å². The van der Waals surface area contributed by atoms with Gasteiger partial charge in [0.05, 0.1) is 11.1 Å². The number of amides is 2. The second-order valence-electron chi connectivity index (χ2n) is 14.2. The highest BCUT2D eigenvalue weighted by atomic mass is 16.4. The van der Waals surface area contributed by atoms with Crippen LogP contribution >= 0.6 is 0 Å². The third-order valence-corrected chi connectivity index (χ3v) is 7.86. The smallest absolute Gasteiger partial charge is 0.335 e. The van der Waals surface area contributed by atoms with Gasteiger partial charge in [-0.25, -0.2) is 9.59 Å². The van der Waals surface area contributed by atoms with Crippen LogP contribution in [0.4, 0.5) is 0 Å². The Balaban J connectivity index is 0.000000732. The number of rotatable bonds is 10. The highest BCUT2D eigenvalue weighted by molar-refractivity contribution is 5.94. The molecule has 0 heterocycles. The minimum atomic E-state index is -0.615. The summed E-state index contributed by atoms with van der Waals surface area (Å²) in [5.41, 5.74) is 10.0. The number of hydrogen-bond donors (Lipinski definition) is 5. The summed E-state index contributed by atoms with van der Waals surface area (Å²) in [5, 5.41) is 11.5. The van der Waals surface area contributed by atoms with Crippen molar-refractivity contribution in [2.45, 2.75) is 99.3 Å². The van der Waals surface area contributed by atoms with Gasteiger partial charge in [0.2, 0.25) is 11.8 Å². The second kappa shape index (κ2) is 25.3. The molecule has 298 valence electrons. The Kier molecular flexibility index (Phi) is 18.6. The quantitative estimate of drug-likeness (QED) is 0.105. The lowest BCUT2D eigenvalue weighted by atomic mass is 9.97. The van der Waals surface area contributed by atoms with Gasteiger partial charge in [0.15, 0.2) is 2.82 Å². The number of aromatic carboxylic acids is 2. The molecule has 4 aromatic carbocycles. The van der Waals surface area contributed by atoms with Crippen LogP contribution < -0.4 is 11.5 Å². The maximum atomic E-state index is 11.2. The molecule has 2 amide bonds. The van der Waals surface area contributed by atoms with Gasteiger partial charge in [-0.1, -0.05) is 130 Å². The largest absolute Gasteiger partial charge is 0.481 e. The lowest BCUT2D eigenvalue weighted by Crippen LogP contribution is -2.14. The average Bonchev–Trinajstić information content (AvgIpc) is 3.25. The summed E-state index contributed by atoms with van der Waals surface area (Å²) in [6, 6.07) is 28.9. The molecule has 0 atom stereocenters.